The summed E-state index contributed by atoms with van der Waals surface area (Å²) in [6.07, 6.45) is 1.70. The van der Waals surface area contributed by atoms with Gasteiger partial charge in [0.15, 0.2) is 6.04 Å². The van der Waals surface area contributed by atoms with Gasteiger partial charge in [0.2, 0.25) is 0 Å². The topological polar surface area (TPSA) is 102 Å². The lowest BCUT2D eigenvalue weighted by Crippen LogP contribution is -2.52. The number of carbonyl (C=O) groups excluding carboxylic acids is 1. The molecule has 1 fully saturated rings. The third-order valence-electron chi connectivity index (χ3n) is 2.96. The Hall–Kier alpha value is -1.34. The Labute approximate surface area is 99.8 Å². The van der Waals surface area contributed by atoms with E-state index < -0.39 is 24.6 Å². The number of aliphatic hydroxyl groups excluding tert-OH is 1. The summed E-state index contributed by atoms with van der Waals surface area (Å²) in [7, 11) is 1.64. The lowest BCUT2D eigenvalue weighted by molar-refractivity contribution is -0.140. The number of carbonyl (C=O) groups is 2. The zero-order valence-electron chi connectivity index (χ0n) is 9.85. The highest BCUT2D eigenvalue weighted by Gasteiger charge is 2.25. The minimum Gasteiger partial charge on any atom is -0.480 e. The molecule has 7 heteroatoms. The van der Waals surface area contributed by atoms with Crippen LogP contribution in [0.4, 0.5) is 4.79 Å². The van der Waals surface area contributed by atoms with Gasteiger partial charge in [0.25, 0.3) is 0 Å². The van der Waals surface area contributed by atoms with E-state index >= 15 is 0 Å². The molecule has 1 heterocycles. The fourth-order valence-electron chi connectivity index (χ4n) is 1.80. The SMILES string of the molecule is CN(C(=O)N[C@H](CO)C(=O)O)C1CCNCC1. The van der Waals surface area contributed by atoms with Crippen LogP contribution in [0.25, 0.3) is 0 Å². The third-order valence-corrected chi connectivity index (χ3v) is 2.96. The van der Waals surface area contributed by atoms with Gasteiger partial charge in [-0.3, -0.25) is 0 Å². The number of nitrogens with zero attached hydrogens (tertiary/aromatic N) is 1. The van der Waals surface area contributed by atoms with E-state index in [2.05, 4.69) is 10.6 Å². The highest BCUT2D eigenvalue weighted by molar-refractivity contribution is 5.82. The first kappa shape index (κ1) is 13.7. The Bertz CT molecular complexity index is 279. The second-order valence-electron chi connectivity index (χ2n) is 4.11. The summed E-state index contributed by atoms with van der Waals surface area (Å²) < 4.78 is 0. The lowest BCUT2D eigenvalue weighted by Gasteiger charge is -2.32. The number of carboxylic acids is 1. The number of aliphatic carboxylic acids is 1. The van der Waals surface area contributed by atoms with Crippen molar-refractivity contribution < 1.29 is 19.8 Å². The predicted molar refractivity (Wildman–Crippen MR) is 60.7 cm³/mol. The van der Waals surface area contributed by atoms with Gasteiger partial charge in [0.1, 0.15) is 0 Å². The van der Waals surface area contributed by atoms with Crippen LogP contribution in [0.2, 0.25) is 0 Å². The van der Waals surface area contributed by atoms with Crippen molar-refractivity contribution in [1.82, 2.24) is 15.5 Å². The van der Waals surface area contributed by atoms with Gasteiger partial charge >= 0.3 is 12.0 Å². The van der Waals surface area contributed by atoms with Gasteiger partial charge in [0.05, 0.1) is 6.61 Å². The monoisotopic (exact) mass is 245 g/mol. The summed E-state index contributed by atoms with van der Waals surface area (Å²) in [6.45, 7) is 1.09. The highest BCUT2D eigenvalue weighted by Crippen LogP contribution is 2.09. The van der Waals surface area contributed by atoms with Crippen molar-refractivity contribution in [3.8, 4) is 0 Å². The maximum atomic E-state index is 11.7. The summed E-state index contributed by atoms with van der Waals surface area (Å²) in [5.74, 6) is -1.24. The average molecular weight is 245 g/mol. The Kier molecular flexibility index (Phi) is 5.17. The van der Waals surface area contributed by atoms with Crippen LogP contribution >= 0.6 is 0 Å². The van der Waals surface area contributed by atoms with E-state index in [1.165, 1.54) is 4.90 Å². The zero-order valence-corrected chi connectivity index (χ0v) is 9.85. The van der Waals surface area contributed by atoms with Crippen molar-refractivity contribution in [2.24, 2.45) is 0 Å². The molecule has 0 aliphatic carbocycles. The van der Waals surface area contributed by atoms with Crippen molar-refractivity contribution in [2.75, 3.05) is 26.7 Å². The van der Waals surface area contributed by atoms with E-state index in [1.807, 2.05) is 0 Å². The standard InChI is InChI=1S/C10H19N3O4/c1-13(7-2-4-11-5-3-7)10(17)12-8(6-14)9(15)16/h7-8,11,14H,2-6H2,1H3,(H,12,17)(H,15,16)/t8-/m1/s1. The Morgan fingerprint density at radius 1 is 1.47 bits per heavy atom. The van der Waals surface area contributed by atoms with Crippen LogP contribution in [0.3, 0.4) is 0 Å². The van der Waals surface area contributed by atoms with Crippen molar-refractivity contribution in [3.63, 3.8) is 0 Å². The number of piperidine rings is 1. The van der Waals surface area contributed by atoms with Crippen LogP contribution in [0.1, 0.15) is 12.8 Å². The Balaban J connectivity index is 2.47. The van der Waals surface area contributed by atoms with Crippen LogP contribution in [-0.2, 0) is 4.79 Å². The van der Waals surface area contributed by atoms with Crippen molar-refractivity contribution in [1.29, 1.82) is 0 Å². The van der Waals surface area contributed by atoms with Gasteiger partial charge in [-0.25, -0.2) is 9.59 Å². The molecule has 98 valence electrons. The molecule has 7 nitrogen and oxygen atoms in total. The van der Waals surface area contributed by atoms with E-state index in [0.29, 0.717) is 0 Å². The lowest BCUT2D eigenvalue weighted by atomic mass is 10.1. The fraction of sp³-hybridized carbons (Fsp3) is 0.800. The summed E-state index contributed by atoms with van der Waals surface area (Å²) in [5, 5.41) is 23.0. The van der Waals surface area contributed by atoms with E-state index in [0.717, 1.165) is 25.9 Å². The van der Waals surface area contributed by atoms with E-state index in [1.54, 1.807) is 7.05 Å². The van der Waals surface area contributed by atoms with Gasteiger partial charge in [0, 0.05) is 13.1 Å². The minimum atomic E-state index is -1.24. The fourth-order valence-corrected chi connectivity index (χ4v) is 1.80. The van der Waals surface area contributed by atoms with Crippen LogP contribution in [0.5, 0.6) is 0 Å². The van der Waals surface area contributed by atoms with Crippen molar-refractivity contribution in [2.45, 2.75) is 24.9 Å². The smallest absolute Gasteiger partial charge is 0.328 e. The molecular weight excluding hydrogens is 226 g/mol. The Morgan fingerprint density at radius 2 is 2.06 bits per heavy atom. The molecule has 0 radical (unpaired) electrons. The van der Waals surface area contributed by atoms with Crippen LogP contribution in [-0.4, -0.2) is 65.9 Å². The number of amides is 2. The normalized spacial score (nSPS) is 18.5. The van der Waals surface area contributed by atoms with Gasteiger partial charge in [-0.2, -0.15) is 0 Å². The number of nitrogens with one attached hydrogen (secondary N) is 2. The molecular formula is C10H19N3O4. The molecule has 1 atom stereocenters. The second-order valence-corrected chi connectivity index (χ2v) is 4.11. The second kappa shape index (κ2) is 6.41. The number of rotatable bonds is 4. The average Bonchev–Trinajstić information content (AvgIpc) is 2.35. The predicted octanol–water partition coefficient (Wildman–Crippen LogP) is -1.17. The molecule has 1 rings (SSSR count). The first-order valence-corrected chi connectivity index (χ1v) is 5.64. The van der Waals surface area contributed by atoms with E-state index in [9.17, 15) is 9.59 Å². The minimum absolute atomic E-state index is 0.115. The summed E-state index contributed by atoms with van der Waals surface area (Å²) >= 11 is 0. The van der Waals surface area contributed by atoms with Gasteiger partial charge in [-0.1, -0.05) is 0 Å². The number of hydrogen-bond donors (Lipinski definition) is 4. The number of aliphatic hydroxyl groups is 1. The summed E-state index contributed by atoms with van der Waals surface area (Å²) in [6, 6.07) is -1.59. The maximum Gasteiger partial charge on any atom is 0.328 e. The molecule has 0 aromatic carbocycles. The molecule has 0 bridgehead atoms. The first-order chi connectivity index (χ1) is 8.06. The van der Waals surface area contributed by atoms with E-state index in [4.69, 9.17) is 10.2 Å². The highest BCUT2D eigenvalue weighted by atomic mass is 16.4. The van der Waals surface area contributed by atoms with Crippen LogP contribution in [0, 0.1) is 0 Å². The molecule has 0 aromatic heterocycles. The van der Waals surface area contributed by atoms with Crippen molar-refractivity contribution in [3.05, 3.63) is 0 Å². The molecule has 1 aliphatic heterocycles. The zero-order chi connectivity index (χ0) is 12.8. The molecule has 4 N–H and O–H groups in total. The summed E-state index contributed by atoms with van der Waals surface area (Å²) in [5.41, 5.74) is 0. The quantitative estimate of drug-likeness (QED) is 0.499. The Morgan fingerprint density at radius 3 is 2.53 bits per heavy atom. The molecule has 1 aliphatic rings. The molecule has 0 unspecified atom stereocenters. The van der Waals surface area contributed by atoms with Gasteiger partial charge in [-0.05, 0) is 25.9 Å². The molecule has 0 saturated carbocycles. The summed E-state index contributed by atoms with van der Waals surface area (Å²) in [4.78, 5) is 23.9. The molecule has 0 spiro atoms. The number of urea groups is 1. The third kappa shape index (κ3) is 3.86. The molecule has 2 amide bonds. The molecule has 17 heavy (non-hydrogen) atoms. The maximum absolute atomic E-state index is 11.7. The van der Waals surface area contributed by atoms with Gasteiger partial charge in [-0.15, -0.1) is 0 Å². The van der Waals surface area contributed by atoms with Crippen molar-refractivity contribution >= 4 is 12.0 Å². The van der Waals surface area contributed by atoms with E-state index in [-0.39, 0.29) is 6.04 Å². The molecule has 1 saturated heterocycles. The largest absolute Gasteiger partial charge is 0.480 e. The van der Waals surface area contributed by atoms with Gasteiger partial charge < -0.3 is 25.7 Å². The van der Waals surface area contributed by atoms with Crippen LogP contribution in [0.15, 0.2) is 0 Å². The number of hydrogen-bond acceptors (Lipinski definition) is 4. The van der Waals surface area contributed by atoms with Crippen LogP contribution < -0.4 is 10.6 Å². The number of carboxylic acid groups (broad SMARTS) is 1. The first-order valence-electron chi connectivity index (χ1n) is 5.64. The molecule has 0 aromatic rings.